The van der Waals surface area contributed by atoms with E-state index in [1.807, 2.05) is 0 Å². The fraction of sp³-hybridized carbons (Fsp3) is 0.923. The van der Waals surface area contributed by atoms with E-state index in [0.717, 1.165) is 57.8 Å². The Morgan fingerprint density at radius 2 is 0.967 bits per heavy atom. The standard InChI is InChI=1S/C26H50O4/c1-4-5-6-7-8-11-14-17-22-29-25(27)20-15-12-9-10-13-16-21-26(28)30-23-18-19-24(2)3/h24H,4-23H2,1-3H3. The van der Waals surface area contributed by atoms with Crippen LogP contribution in [0.2, 0.25) is 0 Å². The Hall–Kier alpha value is -1.06. The molecule has 0 aliphatic carbocycles. The van der Waals surface area contributed by atoms with Crippen LogP contribution in [0.1, 0.15) is 136 Å². The molecule has 30 heavy (non-hydrogen) atoms. The zero-order valence-corrected chi connectivity index (χ0v) is 20.4. The van der Waals surface area contributed by atoms with Crippen molar-refractivity contribution in [2.24, 2.45) is 5.92 Å². The quantitative estimate of drug-likeness (QED) is 0.131. The second-order valence-electron chi connectivity index (χ2n) is 9.07. The molecule has 0 radical (unpaired) electrons. The lowest BCUT2D eigenvalue weighted by atomic mass is 10.1. The number of rotatable bonds is 22. The molecule has 0 aromatic carbocycles. The largest absolute Gasteiger partial charge is 0.466 e. The van der Waals surface area contributed by atoms with Crippen molar-refractivity contribution in [3.05, 3.63) is 0 Å². The van der Waals surface area contributed by atoms with E-state index < -0.39 is 0 Å². The number of carbonyl (C=O) groups excluding carboxylic acids is 2. The van der Waals surface area contributed by atoms with Gasteiger partial charge in [0.15, 0.2) is 0 Å². The molecule has 0 saturated carbocycles. The Morgan fingerprint density at radius 3 is 1.43 bits per heavy atom. The van der Waals surface area contributed by atoms with E-state index in [0.29, 0.717) is 32.0 Å². The van der Waals surface area contributed by atoms with Crippen molar-refractivity contribution >= 4 is 11.9 Å². The van der Waals surface area contributed by atoms with Crippen molar-refractivity contribution in [3.63, 3.8) is 0 Å². The third-order valence-electron chi connectivity index (χ3n) is 5.46. The summed E-state index contributed by atoms with van der Waals surface area (Å²) in [5.41, 5.74) is 0. The predicted molar refractivity (Wildman–Crippen MR) is 126 cm³/mol. The zero-order chi connectivity index (χ0) is 22.3. The Morgan fingerprint density at radius 1 is 0.567 bits per heavy atom. The molecule has 0 amide bonds. The summed E-state index contributed by atoms with van der Waals surface area (Å²) in [7, 11) is 0. The lowest BCUT2D eigenvalue weighted by Gasteiger charge is -2.07. The van der Waals surface area contributed by atoms with Crippen molar-refractivity contribution < 1.29 is 19.1 Å². The van der Waals surface area contributed by atoms with Crippen LogP contribution in [0.3, 0.4) is 0 Å². The molecule has 0 heterocycles. The second-order valence-corrected chi connectivity index (χ2v) is 9.07. The van der Waals surface area contributed by atoms with Gasteiger partial charge in [0.1, 0.15) is 0 Å². The maximum Gasteiger partial charge on any atom is 0.305 e. The fourth-order valence-electron chi connectivity index (χ4n) is 3.49. The average molecular weight is 427 g/mol. The van der Waals surface area contributed by atoms with Crippen LogP contribution in [0.25, 0.3) is 0 Å². The highest BCUT2D eigenvalue weighted by Gasteiger charge is 2.04. The molecule has 0 atom stereocenters. The van der Waals surface area contributed by atoms with Crippen LogP contribution in [0, 0.1) is 5.92 Å². The van der Waals surface area contributed by atoms with Crippen molar-refractivity contribution in [2.75, 3.05) is 13.2 Å². The van der Waals surface area contributed by atoms with Gasteiger partial charge in [-0.3, -0.25) is 9.59 Å². The first kappa shape index (κ1) is 28.9. The molecule has 0 saturated heterocycles. The van der Waals surface area contributed by atoms with Gasteiger partial charge in [-0.25, -0.2) is 0 Å². The highest BCUT2D eigenvalue weighted by Crippen LogP contribution is 2.11. The minimum absolute atomic E-state index is 0.0434. The molecular weight excluding hydrogens is 376 g/mol. The molecule has 0 N–H and O–H groups in total. The molecule has 0 aliphatic heterocycles. The lowest BCUT2D eigenvalue weighted by molar-refractivity contribution is -0.144. The van der Waals surface area contributed by atoms with E-state index in [4.69, 9.17) is 9.47 Å². The maximum absolute atomic E-state index is 11.7. The Labute approximate surface area is 186 Å². The second kappa shape index (κ2) is 22.6. The summed E-state index contributed by atoms with van der Waals surface area (Å²) in [6.07, 6.45) is 19.4. The molecule has 0 aliphatic rings. The first-order valence-corrected chi connectivity index (χ1v) is 12.9. The van der Waals surface area contributed by atoms with E-state index in [1.165, 1.54) is 44.9 Å². The van der Waals surface area contributed by atoms with Crippen LogP contribution in [0.5, 0.6) is 0 Å². The van der Waals surface area contributed by atoms with Gasteiger partial charge < -0.3 is 9.47 Å². The van der Waals surface area contributed by atoms with Crippen LogP contribution in [0.15, 0.2) is 0 Å². The average Bonchev–Trinajstić information content (AvgIpc) is 2.71. The normalized spacial score (nSPS) is 11.1. The number of unbranched alkanes of at least 4 members (excludes halogenated alkanes) is 12. The van der Waals surface area contributed by atoms with Crippen LogP contribution in [-0.2, 0) is 19.1 Å². The highest BCUT2D eigenvalue weighted by atomic mass is 16.5. The summed E-state index contributed by atoms with van der Waals surface area (Å²) in [6.45, 7) is 7.75. The van der Waals surface area contributed by atoms with Crippen molar-refractivity contribution in [2.45, 2.75) is 136 Å². The molecule has 0 spiro atoms. The van der Waals surface area contributed by atoms with Crippen LogP contribution < -0.4 is 0 Å². The van der Waals surface area contributed by atoms with E-state index in [1.54, 1.807) is 0 Å². The summed E-state index contributed by atoms with van der Waals surface area (Å²) in [4.78, 5) is 23.4. The molecule has 0 bridgehead atoms. The molecular formula is C26H50O4. The van der Waals surface area contributed by atoms with Crippen LogP contribution >= 0.6 is 0 Å². The molecule has 178 valence electrons. The molecule has 0 aromatic rings. The van der Waals surface area contributed by atoms with Crippen LogP contribution in [0.4, 0.5) is 0 Å². The minimum atomic E-state index is -0.0574. The SMILES string of the molecule is CCCCCCCCCCOC(=O)CCCCCCCCC(=O)OCCCC(C)C. The summed E-state index contributed by atoms with van der Waals surface area (Å²) in [5.74, 6) is 0.566. The zero-order valence-electron chi connectivity index (χ0n) is 20.4. The summed E-state index contributed by atoms with van der Waals surface area (Å²) >= 11 is 0. The van der Waals surface area contributed by atoms with E-state index >= 15 is 0 Å². The van der Waals surface area contributed by atoms with Crippen molar-refractivity contribution in [1.29, 1.82) is 0 Å². The van der Waals surface area contributed by atoms with Gasteiger partial charge in [-0.05, 0) is 38.0 Å². The van der Waals surface area contributed by atoms with E-state index in [2.05, 4.69) is 20.8 Å². The number of ether oxygens (including phenoxy) is 2. The molecule has 4 nitrogen and oxygen atoms in total. The number of hydrogen-bond acceptors (Lipinski definition) is 4. The summed E-state index contributed by atoms with van der Waals surface area (Å²) in [5, 5.41) is 0. The van der Waals surface area contributed by atoms with Gasteiger partial charge in [0, 0.05) is 12.8 Å². The van der Waals surface area contributed by atoms with Crippen molar-refractivity contribution in [3.8, 4) is 0 Å². The fourth-order valence-corrected chi connectivity index (χ4v) is 3.49. The Bertz CT molecular complexity index is 392. The molecule has 0 rings (SSSR count). The van der Waals surface area contributed by atoms with E-state index in [9.17, 15) is 9.59 Å². The predicted octanol–water partition coefficient (Wildman–Crippen LogP) is 7.77. The number of esters is 2. The Kier molecular flexibility index (Phi) is 21.8. The number of carbonyl (C=O) groups is 2. The van der Waals surface area contributed by atoms with Gasteiger partial charge in [0.2, 0.25) is 0 Å². The van der Waals surface area contributed by atoms with Crippen LogP contribution in [-0.4, -0.2) is 25.2 Å². The summed E-state index contributed by atoms with van der Waals surface area (Å²) in [6, 6.07) is 0. The lowest BCUT2D eigenvalue weighted by Crippen LogP contribution is -2.06. The van der Waals surface area contributed by atoms with E-state index in [-0.39, 0.29) is 11.9 Å². The van der Waals surface area contributed by atoms with Gasteiger partial charge in [0.05, 0.1) is 13.2 Å². The molecule has 0 fully saturated rings. The van der Waals surface area contributed by atoms with Crippen molar-refractivity contribution in [1.82, 2.24) is 0 Å². The first-order valence-electron chi connectivity index (χ1n) is 12.9. The van der Waals surface area contributed by atoms with Gasteiger partial charge >= 0.3 is 11.9 Å². The molecule has 0 aromatic heterocycles. The molecule has 0 unspecified atom stereocenters. The summed E-state index contributed by atoms with van der Waals surface area (Å²) < 4.78 is 10.6. The topological polar surface area (TPSA) is 52.6 Å². The molecule has 4 heteroatoms. The van der Waals surface area contributed by atoms with Gasteiger partial charge in [-0.15, -0.1) is 0 Å². The number of hydrogen-bond donors (Lipinski definition) is 0. The minimum Gasteiger partial charge on any atom is -0.466 e. The first-order chi connectivity index (χ1) is 14.6. The third kappa shape index (κ3) is 23.2. The smallest absolute Gasteiger partial charge is 0.305 e. The Balaban J connectivity index is 3.27. The monoisotopic (exact) mass is 426 g/mol. The highest BCUT2D eigenvalue weighted by molar-refractivity contribution is 5.69. The third-order valence-corrected chi connectivity index (χ3v) is 5.46. The van der Waals surface area contributed by atoms with Gasteiger partial charge in [0.25, 0.3) is 0 Å². The maximum atomic E-state index is 11.7. The van der Waals surface area contributed by atoms with Gasteiger partial charge in [-0.1, -0.05) is 91.4 Å². The van der Waals surface area contributed by atoms with Gasteiger partial charge in [-0.2, -0.15) is 0 Å².